The summed E-state index contributed by atoms with van der Waals surface area (Å²) < 4.78 is 8.28. The van der Waals surface area contributed by atoms with E-state index in [0.29, 0.717) is 6.04 Å². The van der Waals surface area contributed by atoms with Gasteiger partial charge in [-0.2, -0.15) is 0 Å². The smallest absolute Gasteiger partial charge is 0.110 e. The SMILES string of the molecule is CCCNC(Cc1nccn1C)C(CC)(CC)OCC. The zero-order valence-corrected chi connectivity index (χ0v) is 13.8. The largest absolute Gasteiger partial charge is 0.374 e. The van der Waals surface area contributed by atoms with Gasteiger partial charge in [-0.1, -0.05) is 20.8 Å². The van der Waals surface area contributed by atoms with Crippen molar-refractivity contribution in [2.75, 3.05) is 13.2 Å². The van der Waals surface area contributed by atoms with E-state index >= 15 is 0 Å². The van der Waals surface area contributed by atoms with Crippen LogP contribution in [-0.4, -0.2) is 34.3 Å². The van der Waals surface area contributed by atoms with Gasteiger partial charge >= 0.3 is 0 Å². The lowest BCUT2D eigenvalue weighted by molar-refractivity contribution is -0.0723. The fourth-order valence-electron chi connectivity index (χ4n) is 2.87. The molecule has 0 aromatic carbocycles. The summed E-state index contributed by atoms with van der Waals surface area (Å²) in [5.74, 6) is 1.12. The summed E-state index contributed by atoms with van der Waals surface area (Å²) in [6.45, 7) is 10.5. The van der Waals surface area contributed by atoms with Gasteiger partial charge in [0.25, 0.3) is 0 Å². The van der Waals surface area contributed by atoms with Crippen molar-refractivity contribution < 1.29 is 4.74 Å². The Morgan fingerprint density at radius 3 is 2.45 bits per heavy atom. The van der Waals surface area contributed by atoms with Crippen molar-refractivity contribution in [1.29, 1.82) is 0 Å². The van der Waals surface area contributed by atoms with Crippen LogP contribution in [0.3, 0.4) is 0 Å². The van der Waals surface area contributed by atoms with Crippen molar-refractivity contribution in [3.8, 4) is 0 Å². The van der Waals surface area contributed by atoms with Gasteiger partial charge in [0.1, 0.15) is 5.82 Å². The molecule has 0 aliphatic rings. The molecule has 20 heavy (non-hydrogen) atoms. The summed E-state index contributed by atoms with van der Waals surface area (Å²) in [6.07, 6.45) is 7.95. The van der Waals surface area contributed by atoms with Crippen LogP contribution >= 0.6 is 0 Å². The molecule has 1 unspecified atom stereocenters. The Balaban J connectivity index is 2.93. The van der Waals surface area contributed by atoms with E-state index in [2.05, 4.69) is 49.6 Å². The molecule has 0 bridgehead atoms. The van der Waals surface area contributed by atoms with E-state index in [1.807, 2.05) is 12.4 Å². The van der Waals surface area contributed by atoms with Crippen LogP contribution in [0.1, 0.15) is 52.8 Å². The second-order valence-corrected chi connectivity index (χ2v) is 5.37. The van der Waals surface area contributed by atoms with Crippen LogP contribution < -0.4 is 5.32 Å². The molecular formula is C16H31N3O. The lowest BCUT2D eigenvalue weighted by atomic mass is 9.85. The number of imidazole rings is 1. The Bertz CT molecular complexity index is 372. The molecule has 0 aliphatic heterocycles. The Kier molecular flexibility index (Phi) is 7.24. The van der Waals surface area contributed by atoms with Crippen molar-refractivity contribution in [2.45, 2.75) is 65.0 Å². The normalized spacial score (nSPS) is 13.7. The number of hydrogen-bond donors (Lipinski definition) is 1. The maximum absolute atomic E-state index is 6.18. The Morgan fingerprint density at radius 2 is 2.00 bits per heavy atom. The van der Waals surface area contributed by atoms with Gasteiger partial charge in [-0.15, -0.1) is 0 Å². The monoisotopic (exact) mass is 281 g/mol. The molecule has 0 amide bonds. The third-order valence-electron chi connectivity index (χ3n) is 4.21. The maximum atomic E-state index is 6.18. The number of aryl methyl sites for hydroxylation is 1. The van der Waals surface area contributed by atoms with Crippen molar-refractivity contribution in [1.82, 2.24) is 14.9 Å². The third-order valence-corrected chi connectivity index (χ3v) is 4.21. The fraction of sp³-hybridized carbons (Fsp3) is 0.812. The Labute approximate surface area is 123 Å². The number of nitrogens with zero attached hydrogens (tertiary/aromatic N) is 2. The zero-order valence-electron chi connectivity index (χ0n) is 13.8. The van der Waals surface area contributed by atoms with Gasteiger partial charge in [-0.25, -0.2) is 4.98 Å². The predicted molar refractivity (Wildman–Crippen MR) is 83.9 cm³/mol. The second kappa shape index (κ2) is 8.42. The zero-order chi connectivity index (χ0) is 15.0. The van der Waals surface area contributed by atoms with E-state index in [-0.39, 0.29) is 5.60 Å². The van der Waals surface area contributed by atoms with E-state index in [0.717, 1.165) is 44.7 Å². The van der Waals surface area contributed by atoms with Crippen LogP contribution in [0.4, 0.5) is 0 Å². The molecule has 116 valence electrons. The summed E-state index contributed by atoms with van der Waals surface area (Å²) in [6, 6.07) is 0.304. The molecule has 1 atom stereocenters. The fourth-order valence-corrected chi connectivity index (χ4v) is 2.87. The molecular weight excluding hydrogens is 250 g/mol. The molecule has 4 nitrogen and oxygen atoms in total. The number of ether oxygens (including phenoxy) is 1. The van der Waals surface area contributed by atoms with Gasteiger partial charge in [0.05, 0.1) is 5.60 Å². The standard InChI is InChI=1S/C16H31N3O/c1-6-10-17-14(13-15-18-11-12-19(15)5)16(7-2,8-3)20-9-4/h11-12,14,17H,6-10,13H2,1-5H3. The number of aromatic nitrogens is 2. The Hall–Kier alpha value is -0.870. The van der Waals surface area contributed by atoms with Crippen LogP contribution in [0.2, 0.25) is 0 Å². The van der Waals surface area contributed by atoms with Crippen LogP contribution in [0, 0.1) is 0 Å². The summed E-state index contributed by atoms with van der Waals surface area (Å²) >= 11 is 0. The lowest BCUT2D eigenvalue weighted by Crippen LogP contribution is -2.53. The second-order valence-electron chi connectivity index (χ2n) is 5.37. The van der Waals surface area contributed by atoms with Gasteiger partial charge < -0.3 is 14.6 Å². The molecule has 0 saturated carbocycles. The number of nitrogens with one attached hydrogen (secondary N) is 1. The summed E-state index contributed by atoms with van der Waals surface area (Å²) in [4.78, 5) is 4.47. The molecule has 4 heteroatoms. The van der Waals surface area contributed by atoms with Gasteiger partial charge in [0.15, 0.2) is 0 Å². The van der Waals surface area contributed by atoms with E-state index in [1.165, 1.54) is 0 Å². The van der Waals surface area contributed by atoms with E-state index in [1.54, 1.807) is 0 Å². The van der Waals surface area contributed by atoms with Crippen molar-refractivity contribution in [3.63, 3.8) is 0 Å². The van der Waals surface area contributed by atoms with Gasteiger partial charge in [-0.05, 0) is 32.7 Å². The number of rotatable bonds is 10. The minimum absolute atomic E-state index is 0.101. The topological polar surface area (TPSA) is 39.1 Å². The molecule has 0 fully saturated rings. The number of hydrogen-bond acceptors (Lipinski definition) is 3. The minimum atomic E-state index is -0.101. The van der Waals surface area contributed by atoms with Gasteiger partial charge in [-0.3, -0.25) is 0 Å². The van der Waals surface area contributed by atoms with Gasteiger partial charge in [0, 0.05) is 38.5 Å². The molecule has 0 radical (unpaired) electrons. The van der Waals surface area contributed by atoms with Crippen LogP contribution in [0.25, 0.3) is 0 Å². The highest BCUT2D eigenvalue weighted by Gasteiger charge is 2.36. The van der Waals surface area contributed by atoms with E-state index < -0.39 is 0 Å². The predicted octanol–water partition coefficient (Wildman–Crippen LogP) is 2.93. The molecule has 0 aliphatic carbocycles. The van der Waals surface area contributed by atoms with E-state index in [4.69, 9.17) is 4.74 Å². The molecule has 1 N–H and O–H groups in total. The first kappa shape index (κ1) is 17.2. The first-order chi connectivity index (χ1) is 9.63. The van der Waals surface area contributed by atoms with E-state index in [9.17, 15) is 0 Å². The van der Waals surface area contributed by atoms with Crippen molar-refractivity contribution in [3.05, 3.63) is 18.2 Å². The summed E-state index contributed by atoms with van der Waals surface area (Å²) in [7, 11) is 2.06. The minimum Gasteiger partial charge on any atom is -0.374 e. The molecule has 1 rings (SSSR count). The highest BCUT2D eigenvalue weighted by atomic mass is 16.5. The molecule has 0 saturated heterocycles. The van der Waals surface area contributed by atoms with Crippen molar-refractivity contribution in [2.24, 2.45) is 7.05 Å². The third kappa shape index (κ3) is 4.06. The molecule has 1 heterocycles. The van der Waals surface area contributed by atoms with Crippen LogP contribution in [-0.2, 0) is 18.2 Å². The molecule has 0 spiro atoms. The van der Waals surface area contributed by atoms with Gasteiger partial charge in [0.2, 0.25) is 0 Å². The average molecular weight is 281 g/mol. The maximum Gasteiger partial charge on any atom is 0.110 e. The summed E-state index contributed by atoms with van der Waals surface area (Å²) in [5.41, 5.74) is -0.101. The highest BCUT2D eigenvalue weighted by Crippen LogP contribution is 2.27. The Morgan fingerprint density at radius 1 is 1.30 bits per heavy atom. The van der Waals surface area contributed by atoms with Crippen LogP contribution in [0.5, 0.6) is 0 Å². The average Bonchev–Trinajstić information content (AvgIpc) is 2.86. The molecule has 1 aromatic heterocycles. The van der Waals surface area contributed by atoms with Crippen molar-refractivity contribution >= 4 is 0 Å². The lowest BCUT2D eigenvalue weighted by Gasteiger charge is -2.40. The van der Waals surface area contributed by atoms with Crippen LogP contribution in [0.15, 0.2) is 12.4 Å². The quantitative estimate of drug-likeness (QED) is 0.716. The first-order valence-electron chi connectivity index (χ1n) is 7.97. The highest BCUT2D eigenvalue weighted by molar-refractivity contribution is 5.01. The summed E-state index contributed by atoms with van der Waals surface area (Å²) in [5, 5.41) is 3.68. The molecule has 1 aromatic rings. The first-order valence-corrected chi connectivity index (χ1v) is 7.97.